The third kappa shape index (κ3) is 1.86. The fourth-order valence-corrected chi connectivity index (χ4v) is 2.36. The number of aromatic nitrogens is 2. The van der Waals surface area contributed by atoms with Crippen molar-refractivity contribution < 1.29 is 19.1 Å². The molecule has 1 N–H and O–H groups in total. The quantitative estimate of drug-likeness (QED) is 0.827. The van der Waals surface area contributed by atoms with E-state index < -0.39 is 5.97 Å². The van der Waals surface area contributed by atoms with E-state index in [2.05, 4.69) is 14.9 Å². The van der Waals surface area contributed by atoms with E-state index in [1.54, 1.807) is 0 Å². The fourth-order valence-electron chi connectivity index (χ4n) is 1.63. The van der Waals surface area contributed by atoms with Gasteiger partial charge in [0.1, 0.15) is 5.69 Å². The predicted octanol–water partition coefficient (Wildman–Crippen LogP) is 1.21. The van der Waals surface area contributed by atoms with Crippen LogP contribution in [-0.4, -0.2) is 40.6 Å². The molecule has 0 spiro atoms. The van der Waals surface area contributed by atoms with E-state index in [0.717, 1.165) is 0 Å². The predicted molar refractivity (Wildman–Crippen MR) is 64.8 cm³/mol. The Labute approximate surface area is 107 Å². The number of fused-ring (bicyclic) bond motifs is 1. The Balaban J connectivity index is 2.52. The highest BCUT2D eigenvalue weighted by molar-refractivity contribution is 8.04. The summed E-state index contributed by atoms with van der Waals surface area (Å²) in [5.74, 6) is -0.809. The monoisotopic (exact) mass is 266 g/mol. The Morgan fingerprint density at radius 1 is 1.50 bits per heavy atom. The molecule has 1 aliphatic rings. The molecular weight excluding hydrogens is 256 g/mol. The molecule has 0 bridgehead atoms. The van der Waals surface area contributed by atoms with Crippen LogP contribution in [0.1, 0.15) is 38.3 Å². The molecule has 6 nitrogen and oxygen atoms in total. The second kappa shape index (κ2) is 4.77. The first-order chi connectivity index (χ1) is 8.60. The molecule has 1 aromatic rings. The minimum absolute atomic E-state index is 0.00491. The van der Waals surface area contributed by atoms with Crippen LogP contribution >= 0.6 is 11.8 Å². The molecule has 2 rings (SSSR count). The molecule has 0 aromatic carbocycles. The van der Waals surface area contributed by atoms with Gasteiger partial charge in [-0.1, -0.05) is 6.92 Å². The molecule has 0 aliphatic heterocycles. The summed E-state index contributed by atoms with van der Waals surface area (Å²) in [6.07, 6.45) is 1.26. The Morgan fingerprint density at radius 3 is 2.83 bits per heavy atom. The van der Waals surface area contributed by atoms with Crippen LogP contribution in [0.25, 0.3) is 0 Å². The minimum Gasteiger partial charge on any atom is -0.464 e. The largest absolute Gasteiger partial charge is 0.464 e. The third-order valence-corrected chi connectivity index (χ3v) is 3.31. The number of H-pyrrole nitrogens is 1. The zero-order valence-electron chi connectivity index (χ0n) is 9.77. The van der Waals surface area contributed by atoms with Crippen molar-refractivity contribution in [2.24, 2.45) is 0 Å². The Kier molecular flexibility index (Phi) is 3.33. The minimum atomic E-state index is -0.739. The summed E-state index contributed by atoms with van der Waals surface area (Å²) in [5.41, 5.74) is -0.0979. The molecule has 0 amide bonds. The lowest BCUT2D eigenvalue weighted by atomic mass is 9.99. The maximum Gasteiger partial charge on any atom is 0.359 e. The van der Waals surface area contributed by atoms with Gasteiger partial charge in [-0.25, -0.2) is 4.79 Å². The summed E-state index contributed by atoms with van der Waals surface area (Å²) >= 11 is 1.26. The number of nitrogens with one attached hydrogen (secondary N) is 1. The average molecular weight is 266 g/mol. The number of carbonyl (C=O) groups excluding carboxylic acids is 3. The lowest BCUT2D eigenvalue weighted by Crippen LogP contribution is -2.18. The molecule has 18 heavy (non-hydrogen) atoms. The SMILES string of the molecule is CCSC1=CC(=O)c2[nH]nc(C(=O)OC)c2C1=O. The highest BCUT2D eigenvalue weighted by Gasteiger charge is 2.33. The van der Waals surface area contributed by atoms with Crippen LogP contribution in [0, 0.1) is 0 Å². The van der Waals surface area contributed by atoms with Gasteiger partial charge in [0.15, 0.2) is 5.69 Å². The van der Waals surface area contributed by atoms with Crippen molar-refractivity contribution in [2.45, 2.75) is 6.92 Å². The number of nitrogens with zero attached hydrogens (tertiary/aromatic N) is 1. The first kappa shape index (κ1) is 12.6. The number of aromatic amines is 1. The molecule has 94 valence electrons. The summed E-state index contributed by atoms with van der Waals surface area (Å²) < 4.78 is 4.53. The standard InChI is InChI=1S/C11H10N2O4S/c1-3-18-6-4-5(14)8-7(10(6)15)9(13-12-8)11(16)17-2/h4H,3H2,1-2H3,(H,12,13). The zero-order valence-corrected chi connectivity index (χ0v) is 10.6. The van der Waals surface area contributed by atoms with Crippen molar-refractivity contribution in [3.05, 3.63) is 27.9 Å². The molecule has 0 saturated heterocycles. The number of rotatable bonds is 3. The van der Waals surface area contributed by atoms with Crippen LogP contribution in [-0.2, 0) is 4.74 Å². The van der Waals surface area contributed by atoms with Crippen molar-refractivity contribution in [3.63, 3.8) is 0 Å². The topological polar surface area (TPSA) is 89.1 Å². The highest BCUT2D eigenvalue weighted by Crippen LogP contribution is 2.29. The van der Waals surface area contributed by atoms with E-state index in [0.29, 0.717) is 10.7 Å². The van der Waals surface area contributed by atoms with Crippen molar-refractivity contribution in [1.29, 1.82) is 0 Å². The van der Waals surface area contributed by atoms with Gasteiger partial charge < -0.3 is 4.74 Å². The second-order valence-corrected chi connectivity index (χ2v) is 4.75. The van der Waals surface area contributed by atoms with E-state index >= 15 is 0 Å². The Hall–Kier alpha value is -1.89. The van der Waals surface area contributed by atoms with E-state index in [1.165, 1.54) is 24.9 Å². The number of hydrogen-bond acceptors (Lipinski definition) is 6. The molecule has 1 heterocycles. The van der Waals surface area contributed by atoms with Crippen molar-refractivity contribution in [2.75, 3.05) is 12.9 Å². The Bertz CT molecular complexity index is 574. The van der Waals surface area contributed by atoms with Crippen LogP contribution in [0.15, 0.2) is 11.0 Å². The van der Waals surface area contributed by atoms with Gasteiger partial charge in [-0.2, -0.15) is 5.10 Å². The van der Waals surface area contributed by atoms with Gasteiger partial charge in [0.05, 0.1) is 17.6 Å². The highest BCUT2D eigenvalue weighted by atomic mass is 32.2. The molecule has 0 unspecified atom stereocenters. The first-order valence-corrected chi connectivity index (χ1v) is 6.18. The summed E-state index contributed by atoms with van der Waals surface area (Å²) in [6.45, 7) is 1.87. The van der Waals surface area contributed by atoms with E-state index in [-0.39, 0.29) is 28.5 Å². The third-order valence-electron chi connectivity index (χ3n) is 2.40. The number of methoxy groups -OCH3 is 1. The number of esters is 1. The lowest BCUT2D eigenvalue weighted by Gasteiger charge is -2.10. The molecule has 0 fully saturated rings. The number of Topliss-reactive ketones (excluding diaryl/α,β-unsaturated/α-hetero) is 1. The molecule has 1 aromatic heterocycles. The number of carbonyl (C=O) groups is 3. The molecule has 1 aliphatic carbocycles. The second-order valence-electron chi connectivity index (χ2n) is 3.45. The molecule has 0 saturated carbocycles. The van der Waals surface area contributed by atoms with E-state index in [4.69, 9.17) is 0 Å². The average Bonchev–Trinajstić information content (AvgIpc) is 2.80. The summed E-state index contributed by atoms with van der Waals surface area (Å²) in [7, 11) is 1.19. The fraction of sp³-hybridized carbons (Fsp3) is 0.273. The zero-order chi connectivity index (χ0) is 13.3. The van der Waals surface area contributed by atoms with Crippen LogP contribution in [0.5, 0.6) is 0 Å². The van der Waals surface area contributed by atoms with Crippen LogP contribution in [0.4, 0.5) is 0 Å². The Morgan fingerprint density at radius 2 is 2.22 bits per heavy atom. The van der Waals surface area contributed by atoms with Crippen LogP contribution in [0.2, 0.25) is 0 Å². The van der Waals surface area contributed by atoms with E-state index in [9.17, 15) is 14.4 Å². The number of allylic oxidation sites excluding steroid dienone is 2. The first-order valence-electron chi connectivity index (χ1n) is 5.20. The molecular formula is C11H10N2O4S. The van der Waals surface area contributed by atoms with Crippen molar-refractivity contribution in [1.82, 2.24) is 10.2 Å². The van der Waals surface area contributed by atoms with Gasteiger partial charge >= 0.3 is 5.97 Å². The number of ketones is 2. The number of hydrogen-bond donors (Lipinski definition) is 1. The van der Waals surface area contributed by atoms with Crippen molar-refractivity contribution >= 4 is 29.3 Å². The molecule has 0 atom stereocenters. The van der Waals surface area contributed by atoms with Gasteiger partial charge in [-0.15, -0.1) is 11.8 Å². The van der Waals surface area contributed by atoms with Gasteiger partial charge in [-0.05, 0) is 5.75 Å². The van der Waals surface area contributed by atoms with Gasteiger partial charge in [0, 0.05) is 6.08 Å². The normalized spacial score (nSPS) is 14.2. The molecule has 7 heteroatoms. The lowest BCUT2D eigenvalue weighted by molar-refractivity contribution is 0.0591. The smallest absolute Gasteiger partial charge is 0.359 e. The summed E-state index contributed by atoms with van der Waals surface area (Å²) in [5, 5.41) is 6.09. The summed E-state index contributed by atoms with van der Waals surface area (Å²) in [6, 6.07) is 0. The molecule has 0 radical (unpaired) electrons. The van der Waals surface area contributed by atoms with E-state index in [1.807, 2.05) is 6.92 Å². The number of ether oxygens (including phenoxy) is 1. The maximum absolute atomic E-state index is 12.1. The van der Waals surface area contributed by atoms with Crippen LogP contribution < -0.4 is 0 Å². The van der Waals surface area contributed by atoms with Crippen molar-refractivity contribution in [3.8, 4) is 0 Å². The van der Waals surface area contributed by atoms with Crippen LogP contribution in [0.3, 0.4) is 0 Å². The van der Waals surface area contributed by atoms with Gasteiger partial charge in [0.25, 0.3) is 0 Å². The summed E-state index contributed by atoms with van der Waals surface area (Å²) in [4.78, 5) is 35.7. The maximum atomic E-state index is 12.1. The number of thioether (sulfide) groups is 1. The van der Waals surface area contributed by atoms with Gasteiger partial charge in [0.2, 0.25) is 11.6 Å². The van der Waals surface area contributed by atoms with Gasteiger partial charge in [-0.3, -0.25) is 14.7 Å².